The van der Waals surface area contributed by atoms with Crippen molar-refractivity contribution in [3.8, 4) is 0 Å². The first-order chi connectivity index (χ1) is 11.0. The van der Waals surface area contributed by atoms with Crippen LogP contribution in [0.4, 0.5) is 0 Å². The van der Waals surface area contributed by atoms with Crippen LogP contribution in [0, 0.1) is 30.1 Å². The van der Waals surface area contributed by atoms with E-state index >= 15 is 0 Å². The highest BCUT2D eigenvalue weighted by Gasteiger charge is 2.54. The van der Waals surface area contributed by atoms with Crippen molar-refractivity contribution in [3.63, 3.8) is 0 Å². The first-order valence-corrected chi connectivity index (χ1v) is 9.44. The lowest BCUT2D eigenvalue weighted by atomic mass is 9.52. The van der Waals surface area contributed by atoms with Crippen LogP contribution in [0.15, 0.2) is 29.8 Å². The van der Waals surface area contributed by atoms with E-state index in [9.17, 15) is 5.11 Å². The van der Waals surface area contributed by atoms with E-state index < -0.39 is 0 Å². The molecule has 4 unspecified atom stereocenters. The Morgan fingerprint density at radius 3 is 2.91 bits per heavy atom. The van der Waals surface area contributed by atoms with Crippen molar-refractivity contribution in [2.45, 2.75) is 58.8 Å². The van der Waals surface area contributed by atoms with Gasteiger partial charge in [0, 0.05) is 0 Å². The highest BCUT2D eigenvalue weighted by Crippen LogP contribution is 2.63. The first kappa shape index (κ1) is 15.4. The van der Waals surface area contributed by atoms with E-state index in [0.29, 0.717) is 5.41 Å². The third kappa shape index (κ3) is 2.23. The van der Waals surface area contributed by atoms with E-state index in [0.717, 1.165) is 23.7 Å². The van der Waals surface area contributed by atoms with E-state index in [-0.39, 0.29) is 6.61 Å². The molecule has 0 aromatic heterocycles. The number of fused-ring (bicyclic) bond motifs is 5. The lowest BCUT2D eigenvalue weighted by Crippen LogP contribution is -2.43. The molecule has 1 heteroatoms. The summed E-state index contributed by atoms with van der Waals surface area (Å²) in [5.41, 5.74) is 6.57. The van der Waals surface area contributed by atoms with Crippen LogP contribution in [0.2, 0.25) is 0 Å². The zero-order chi connectivity index (χ0) is 16.2. The molecule has 4 rings (SSSR count). The van der Waals surface area contributed by atoms with Gasteiger partial charge in [-0.2, -0.15) is 0 Å². The standard InChI is InChI=1S/C22H30O/c1-14-4-6-18-16(12-14)13-15(2)21-19(18)8-10-22(3)17(9-11-23)5-7-20(21)22/h4,6,9,12,15,19-21,23H,5,7-8,10-11,13H2,1-3H3/b17-9+/t15-,19?,20?,21?,22?/m1/s1. The summed E-state index contributed by atoms with van der Waals surface area (Å²) in [5.74, 6) is 3.19. The van der Waals surface area contributed by atoms with Gasteiger partial charge in [-0.15, -0.1) is 0 Å². The van der Waals surface area contributed by atoms with E-state index in [2.05, 4.69) is 45.0 Å². The average Bonchev–Trinajstić information content (AvgIpc) is 2.84. The zero-order valence-corrected chi connectivity index (χ0v) is 14.8. The smallest absolute Gasteiger partial charge is 0.0615 e. The number of hydrogen-bond donors (Lipinski definition) is 1. The maximum atomic E-state index is 9.40. The third-order valence-corrected chi connectivity index (χ3v) is 7.42. The zero-order valence-electron chi connectivity index (χ0n) is 14.8. The van der Waals surface area contributed by atoms with Crippen LogP contribution in [0.5, 0.6) is 0 Å². The van der Waals surface area contributed by atoms with Gasteiger partial charge in [0.15, 0.2) is 0 Å². The molecule has 2 fully saturated rings. The van der Waals surface area contributed by atoms with Gasteiger partial charge in [0.1, 0.15) is 0 Å². The summed E-state index contributed by atoms with van der Waals surface area (Å²) in [4.78, 5) is 0. The second kappa shape index (κ2) is 5.48. The van der Waals surface area contributed by atoms with Gasteiger partial charge in [-0.3, -0.25) is 0 Å². The Morgan fingerprint density at radius 1 is 1.30 bits per heavy atom. The fraction of sp³-hybridized carbons (Fsp3) is 0.636. The Hall–Kier alpha value is -1.08. The molecule has 23 heavy (non-hydrogen) atoms. The number of aliphatic hydroxyl groups excluding tert-OH is 1. The van der Waals surface area contributed by atoms with E-state index in [1.807, 2.05) is 0 Å². The third-order valence-electron chi connectivity index (χ3n) is 7.42. The molecule has 2 saturated carbocycles. The minimum atomic E-state index is 0.212. The number of allylic oxidation sites excluding steroid dienone is 1. The fourth-order valence-electron chi connectivity index (χ4n) is 6.40. The molecule has 1 nitrogen and oxygen atoms in total. The number of aryl methyl sites for hydroxylation is 1. The fourth-order valence-corrected chi connectivity index (χ4v) is 6.40. The molecule has 1 aromatic rings. The van der Waals surface area contributed by atoms with Crippen molar-refractivity contribution in [2.24, 2.45) is 23.2 Å². The highest BCUT2D eigenvalue weighted by molar-refractivity contribution is 5.39. The molecule has 0 bridgehead atoms. The van der Waals surface area contributed by atoms with E-state index in [4.69, 9.17) is 0 Å². The topological polar surface area (TPSA) is 20.2 Å². The molecular weight excluding hydrogens is 280 g/mol. The number of aliphatic hydroxyl groups is 1. The molecule has 0 aliphatic heterocycles. The molecule has 0 heterocycles. The molecular formula is C22H30O. The Labute approximate surface area is 140 Å². The van der Waals surface area contributed by atoms with Crippen molar-refractivity contribution >= 4 is 0 Å². The molecule has 0 spiro atoms. The van der Waals surface area contributed by atoms with Crippen LogP contribution >= 0.6 is 0 Å². The molecule has 0 radical (unpaired) electrons. The van der Waals surface area contributed by atoms with E-state index in [1.54, 1.807) is 16.7 Å². The quantitative estimate of drug-likeness (QED) is 0.722. The second-order valence-corrected chi connectivity index (χ2v) is 8.58. The van der Waals surface area contributed by atoms with Gasteiger partial charge in [0.05, 0.1) is 6.61 Å². The summed E-state index contributed by atoms with van der Waals surface area (Å²) in [7, 11) is 0. The molecule has 0 saturated heterocycles. The van der Waals surface area contributed by atoms with Crippen molar-refractivity contribution in [2.75, 3.05) is 6.61 Å². The van der Waals surface area contributed by atoms with Gasteiger partial charge >= 0.3 is 0 Å². The van der Waals surface area contributed by atoms with Crippen molar-refractivity contribution in [1.29, 1.82) is 0 Å². The van der Waals surface area contributed by atoms with Gasteiger partial charge < -0.3 is 5.11 Å². The van der Waals surface area contributed by atoms with Crippen LogP contribution in [0.3, 0.4) is 0 Å². The first-order valence-electron chi connectivity index (χ1n) is 9.44. The summed E-state index contributed by atoms with van der Waals surface area (Å²) in [6.07, 6.45) is 8.52. The van der Waals surface area contributed by atoms with Crippen LogP contribution in [0.1, 0.15) is 62.1 Å². The lowest BCUT2D eigenvalue weighted by Gasteiger charge is -2.52. The van der Waals surface area contributed by atoms with E-state index in [1.165, 1.54) is 37.7 Å². The Morgan fingerprint density at radius 2 is 2.13 bits per heavy atom. The van der Waals surface area contributed by atoms with Crippen LogP contribution in [-0.4, -0.2) is 11.7 Å². The molecule has 3 aliphatic rings. The summed E-state index contributed by atoms with van der Waals surface area (Å²) in [5, 5.41) is 9.40. The molecule has 0 amide bonds. The minimum absolute atomic E-state index is 0.212. The number of hydrogen-bond acceptors (Lipinski definition) is 1. The molecule has 3 aliphatic carbocycles. The summed E-state index contributed by atoms with van der Waals surface area (Å²) < 4.78 is 0. The maximum Gasteiger partial charge on any atom is 0.0615 e. The van der Waals surface area contributed by atoms with Crippen molar-refractivity contribution in [1.82, 2.24) is 0 Å². The van der Waals surface area contributed by atoms with Gasteiger partial charge in [0.25, 0.3) is 0 Å². The SMILES string of the molecule is Cc1ccc2c(c1)C[C@@H](C)C1C2CCC2(C)/C(=C/CO)CCC12. The van der Waals surface area contributed by atoms with Crippen LogP contribution in [-0.2, 0) is 6.42 Å². The summed E-state index contributed by atoms with van der Waals surface area (Å²) in [6.45, 7) is 7.41. The molecule has 5 atom stereocenters. The molecule has 1 N–H and O–H groups in total. The predicted molar refractivity (Wildman–Crippen MR) is 95.5 cm³/mol. The monoisotopic (exact) mass is 310 g/mol. The van der Waals surface area contributed by atoms with Gasteiger partial charge in [-0.25, -0.2) is 0 Å². The Balaban J connectivity index is 1.73. The largest absolute Gasteiger partial charge is 0.392 e. The Kier molecular flexibility index (Phi) is 3.68. The highest BCUT2D eigenvalue weighted by atomic mass is 16.2. The number of benzene rings is 1. The predicted octanol–water partition coefficient (Wildman–Crippen LogP) is 5.02. The van der Waals surface area contributed by atoms with Crippen molar-refractivity contribution < 1.29 is 5.11 Å². The molecule has 1 aromatic carbocycles. The maximum absolute atomic E-state index is 9.40. The Bertz CT molecular complexity index is 643. The van der Waals surface area contributed by atoms with Crippen LogP contribution in [0.25, 0.3) is 0 Å². The lowest BCUT2D eigenvalue weighted by molar-refractivity contribution is 0.0488. The molecule has 124 valence electrons. The normalized spacial score (nSPS) is 40.6. The van der Waals surface area contributed by atoms with Crippen molar-refractivity contribution in [3.05, 3.63) is 46.5 Å². The average molecular weight is 310 g/mol. The minimum Gasteiger partial charge on any atom is -0.392 e. The van der Waals surface area contributed by atoms with Gasteiger partial charge in [0.2, 0.25) is 0 Å². The summed E-state index contributed by atoms with van der Waals surface area (Å²) >= 11 is 0. The van der Waals surface area contributed by atoms with Gasteiger partial charge in [-0.1, -0.05) is 49.3 Å². The second-order valence-electron chi connectivity index (χ2n) is 8.58. The van der Waals surface area contributed by atoms with Crippen LogP contribution < -0.4 is 0 Å². The van der Waals surface area contributed by atoms with Gasteiger partial charge in [-0.05, 0) is 79.2 Å². The summed E-state index contributed by atoms with van der Waals surface area (Å²) in [6, 6.07) is 7.17. The number of rotatable bonds is 1.